The van der Waals surface area contributed by atoms with Gasteiger partial charge in [-0.2, -0.15) is 4.98 Å². The first-order valence-electron chi connectivity index (χ1n) is 9.60. The van der Waals surface area contributed by atoms with Gasteiger partial charge in [0.15, 0.2) is 12.4 Å². The van der Waals surface area contributed by atoms with Crippen molar-refractivity contribution in [2.24, 2.45) is 0 Å². The molecule has 0 saturated heterocycles. The number of amides is 1. The third kappa shape index (κ3) is 5.44. The van der Waals surface area contributed by atoms with Crippen LogP contribution >= 0.6 is 0 Å². The zero-order valence-electron chi connectivity index (χ0n) is 17.0. The molecule has 1 N–H and O–H groups in total. The molecule has 8 heteroatoms. The zero-order valence-corrected chi connectivity index (χ0v) is 17.0. The topological polar surface area (TPSA) is 104 Å². The summed E-state index contributed by atoms with van der Waals surface area (Å²) in [5, 5.41) is 6.65. The van der Waals surface area contributed by atoms with Crippen molar-refractivity contribution in [3.05, 3.63) is 59.9 Å². The second-order valence-electron chi connectivity index (χ2n) is 6.77. The Kier molecular flexibility index (Phi) is 6.79. The second kappa shape index (κ2) is 9.69. The minimum Gasteiger partial charge on any atom is -0.484 e. The fourth-order valence-corrected chi connectivity index (χ4v) is 2.53. The van der Waals surface area contributed by atoms with E-state index in [1.54, 1.807) is 55.5 Å². The number of ether oxygens (including phenoxy) is 2. The first kappa shape index (κ1) is 21.0. The van der Waals surface area contributed by atoms with E-state index in [4.69, 9.17) is 14.0 Å². The molecule has 2 aromatic carbocycles. The number of rotatable bonds is 8. The Morgan fingerprint density at radius 3 is 2.37 bits per heavy atom. The first-order valence-corrected chi connectivity index (χ1v) is 9.60. The van der Waals surface area contributed by atoms with Gasteiger partial charge in [-0.15, -0.1) is 0 Å². The van der Waals surface area contributed by atoms with Crippen molar-refractivity contribution >= 4 is 17.6 Å². The molecule has 30 heavy (non-hydrogen) atoms. The maximum absolute atomic E-state index is 12.1. The molecule has 1 aromatic heterocycles. The number of aromatic nitrogens is 2. The Bertz CT molecular complexity index is 994. The van der Waals surface area contributed by atoms with E-state index in [0.29, 0.717) is 35.3 Å². The number of nitrogens with zero attached hydrogens (tertiary/aromatic N) is 2. The molecule has 0 fully saturated rings. The van der Waals surface area contributed by atoms with Gasteiger partial charge in [-0.3, -0.25) is 4.79 Å². The second-order valence-corrected chi connectivity index (χ2v) is 6.77. The van der Waals surface area contributed by atoms with Crippen LogP contribution in [0, 0.1) is 0 Å². The van der Waals surface area contributed by atoms with Crippen molar-refractivity contribution in [3.63, 3.8) is 0 Å². The normalized spacial score (nSPS) is 10.7. The predicted molar refractivity (Wildman–Crippen MR) is 110 cm³/mol. The van der Waals surface area contributed by atoms with Crippen molar-refractivity contribution in [1.82, 2.24) is 10.1 Å². The van der Waals surface area contributed by atoms with E-state index in [1.807, 2.05) is 13.8 Å². The summed E-state index contributed by atoms with van der Waals surface area (Å²) in [6, 6.07) is 13.5. The lowest BCUT2D eigenvalue weighted by atomic mass is 10.2. The van der Waals surface area contributed by atoms with E-state index >= 15 is 0 Å². The van der Waals surface area contributed by atoms with Crippen molar-refractivity contribution in [1.29, 1.82) is 0 Å². The summed E-state index contributed by atoms with van der Waals surface area (Å²) in [5.41, 5.74) is 1.75. The molecule has 0 unspecified atom stereocenters. The number of esters is 1. The maximum Gasteiger partial charge on any atom is 0.338 e. The molecule has 0 spiro atoms. The molecular weight excluding hydrogens is 386 g/mol. The van der Waals surface area contributed by atoms with E-state index in [0.717, 1.165) is 5.56 Å². The lowest BCUT2D eigenvalue weighted by molar-refractivity contribution is -0.118. The van der Waals surface area contributed by atoms with Gasteiger partial charge in [0, 0.05) is 17.2 Å². The third-order valence-corrected chi connectivity index (χ3v) is 4.11. The summed E-state index contributed by atoms with van der Waals surface area (Å²) in [7, 11) is 0. The SMILES string of the molecule is CCOC(=O)c1ccc(NC(=O)COc2ccc(-c3nc(C(C)C)no3)cc2)cc1. The summed E-state index contributed by atoms with van der Waals surface area (Å²) in [6.07, 6.45) is 0. The molecule has 3 rings (SSSR count). The van der Waals surface area contributed by atoms with Gasteiger partial charge in [-0.25, -0.2) is 4.79 Å². The molecule has 0 saturated carbocycles. The number of hydrogen-bond donors (Lipinski definition) is 1. The van der Waals surface area contributed by atoms with Crippen molar-refractivity contribution < 1.29 is 23.6 Å². The number of benzene rings is 2. The largest absolute Gasteiger partial charge is 0.484 e. The van der Waals surface area contributed by atoms with Crippen molar-refractivity contribution in [2.75, 3.05) is 18.5 Å². The molecule has 0 bridgehead atoms. The van der Waals surface area contributed by atoms with Crippen LogP contribution in [-0.2, 0) is 9.53 Å². The van der Waals surface area contributed by atoms with E-state index in [2.05, 4.69) is 15.5 Å². The van der Waals surface area contributed by atoms with Gasteiger partial charge < -0.3 is 19.3 Å². The van der Waals surface area contributed by atoms with E-state index in [9.17, 15) is 9.59 Å². The number of hydrogen-bond acceptors (Lipinski definition) is 7. The smallest absolute Gasteiger partial charge is 0.338 e. The van der Waals surface area contributed by atoms with Crippen LogP contribution in [0.2, 0.25) is 0 Å². The van der Waals surface area contributed by atoms with Gasteiger partial charge in [-0.05, 0) is 55.5 Å². The zero-order chi connectivity index (χ0) is 21.5. The molecule has 0 radical (unpaired) electrons. The summed E-state index contributed by atoms with van der Waals surface area (Å²) in [6.45, 7) is 5.88. The Balaban J connectivity index is 1.51. The Morgan fingerprint density at radius 2 is 1.77 bits per heavy atom. The Hall–Kier alpha value is -3.68. The van der Waals surface area contributed by atoms with Crippen LogP contribution in [0.1, 0.15) is 42.9 Å². The van der Waals surface area contributed by atoms with Gasteiger partial charge in [0.2, 0.25) is 0 Å². The van der Waals surface area contributed by atoms with E-state index < -0.39 is 5.97 Å². The average molecular weight is 409 g/mol. The molecule has 1 heterocycles. The highest BCUT2D eigenvalue weighted by molar-refractivity contribution is 5.93. The van der Waals surface area contributed by atoms with Gasteiger partial charge >= 0.3 is 5.97 Å². The summed E-state index contributed by atoms with van der Waals surface area (Å²) >= 11 is 0. The maximum atomic E-state index is 12.1. The summed E-state index contributed by atoms with van der Waals surface area (Å²) in [5.74, 6) is 1.09. The molecule has 0 aliphatic rings. The Morgan fingerprint density at radius 1 is 1.07 bits per heavy atom. The predicted octanol–water partition coefficient (Wildman–Crippen LogP) is 4.05. The number of anilines is 1. The van der Waals surface area contributed by atoms with Crippen molar-refractivity contribution in [2.45, 2.75) is 26.7 Å². The highest BCUT2D eigenvalue weighted by Crippen LogP contribution is 2.22. The monoisotopic (exact) mass is 409 g/mol. The summed E-state index contributed by atoms with van der Waals surface area (Å²) in [4.78, 5) is 28.1. The van der Waals surface area contributed by atoms with E-state index in [-0.39, 0.29) is 18.4 Å². The van der Waals surface area contributed by atoms with Crippen LogP contribution in [0.5, 0.6) is 5.75 Å². The molecule has 8 nitrogen and oxygen atoms in total. The molecule has 156 valence electrons. The quantitative estimate of drug-likeness (QED) is 0.560. The fourth-order valence-electron chi connectivity index (χ4n) is 2.53. The van der Waals surface area contributed by atoms with Gasteiger partial charge in [-0.1, -0.05) is 19.0 Å². The molecule has 3 aromatic rings. The molecule has 1 amide bonds. The fraction of sp³-hybridized carbons (Fsp3) is 0.273. The lowest BCUT2D eigenvalue weighted by Gasteiger charge is -2.08. The highest BCUT2D eigenvalue weighted by Gasteiger charge is 2.12. The van der Waals surface area contributed by atoms with Crippen molar-refractivity contribution in [3.8, 4) is 17.2 Å². The van der Waals surface area contributed by atoms with Crippen LogP contribution in [0.3, 0.4) is 0 Å². The molecule has 0 atom stereocenters. The van der Waals surface area contributed by atoms with Crippen LogP contribution in [0.15, 0.2) is 53.1 Å². The number of nitrogens with one attached hydrogen (secondary N) is 1. The van der Waals surface area contributed by atoms with Gasteiger partial charge in [0.25, 0.3) is 11.8 Å². The minimum absolute atomic E-state index is 0.156. The lowest BCUT2D eigenvalue weighted by Crippen LogP contribution is -2.20. The first-order chi connectivity index (χ1) is 14.5. The Labute approximate surface area is 174 Å². The number of carbonyl (C=O) groups is 2. The summed E-state index contributed by atoms with van der Waals surface area (Å²) < 4.78 is 15.7. The van der Waals surface area contributed by atoms with Gasteiger partial charge in [0.05, 0.1) is 12.2 Å². The van der Waals surface area contributed by atoms with Crippen LogP contribution in [0.25, 0.3) is 11.5 Å². The van der Waals surface area contributed by atoms with E-state index in [1.165, 1.54) is 0 Å². The average Bonchev–Trinajstić information content (AvgIpc) is 3.24. The number of carbonyl (C=O) groups excluding carboxylic acids is 2. The molecule has 0 aliphatic heterocycles. The third-order valence-electron chi connectivity index (χ3n) is 4.11. The van der Waals surface area contributed by atoms with Gasteiger partial charge in [0.1, 0.15) is 5.75 Å². The minimum atomic E-state index is -0.400. The highest BCUT2D eigenvalue weighted by atomic mass is 16.5. The molecular formula is C22H23N3O5. The standard InChI is InChI=1S/C22H23N3O5/c1-4-28-22(27)16-5-9-17(10-6-16)23-19(26)13-29-18-11-7-15(8-12-18)21-24-20(14(2)3)25-30-21/h5-12,14H,4,13H2,1-3H3,(H,23,26). The molecule has 0 aliphatic carbocycles. The van der Waals surface area contributed by atoms with Crippen LogP contribution < -0.4 is 10.1 Å². The van der Waals surface area contributed by atoms with Crippen LogP contribution in [-0.4, -0.2) is 35.2 Å². The van der Waals surface area contributed by atoms with Crippen LogP contribution in [0.4, 0.5) is 5.69 Å².